The summed E-state index contributed by atoms with van der Waals surface area (Å²) in [4.78, 5) is 0. The Balaban J connectivity index is 2.35. The van der Waals surface area contributed by atoms with Crippen LogP contribution in [-0.4, -0.2) is 6.54 Å². The van der Waals surface area contributed by atoms with E-state index >= 15 is 0 Å². The highest BCUT2D eigenvalue weighted by Crippen LogP contribution is 2.30. The normalized spacial score (nSPS) is 12.4. The van der Waals surface area contributed by atoms with E-state index in [0.29, 0.717) is 6.42 Å². The first-order chi connectivity index (χ1) is 10.0. The molecule has 0 heterocycles. The van der Waals surface area contributed by atoms with E-state index in [1.807, 2.05) is 38.1 Å². The molecule has 2 aromatic carbocycles. The number of likely N-dealkylation sites (N-methyl/N-ethyl adjacent to an activating group) is 1. The topological polar surface area (TPSA) is 12.0 Å². The quantitative estimate of drug-likeness (QED) is 0.782. The molecule has 0 aliphatic rings. The maximum Gasteiger partial charge on any atom is 0.142 e. The second kappa shape index (κ2) is 7.26. The molecule has 1 atom stereocenters. The van der Waals surface area contributed by atoms with Gasteiger partial charge in [-0.05, 0) is 42.6 Å². The molecule has 2 aromatic rings. The van der Waals surface area contributed by atoms with Crippen molar-refractivity contribution >= 4 is 23.2 Å². The summed E-state index contributed by atoms with van der Waals surface area (Å²) >= 11 is 12.5. The highest BCUT2D eigenvalue weighted by Gasteiger charge is 2.17. The van der Waals surface area contributed by atoms with Crippen molar-refractivity contribution in [2.75, 3.05) is 6.54 Å². The fraction of sp³-hybridized carbons (Fsp3) is 0.294. The monoisotopic (exact) mass is 325 g/mol. The largest absolute Gasteiger partial charge is 0.310 e. The highest BCUT2D eigenvalue weighted by molar-refractivity contribution is 6.32. The first kappa shape index (κ1) is 16.3. The van der Waals surface area contributed by atoms with E-state index in [2.05, 4.69) is 5.32 Å². The number of halogens is 3. The van der Waals surface area contributed by atoms with Gasteiger partial charge < -0.3 is 5.32 Å². The second-order valence-corrected chi connectivity index (χ2v) is 5.76. The minimum absolute atomic E-state index is 0.00157. The van der Waals surface area contributed by atoms with Gasteiger partial charge in [-0.2, -0.15) is 0 Å². The molecule has 0 saturated carbocycles. The zero-order valence-electron chi connectivity index (χ0n) is 12.1. The van der Waals surface area contributed by atoms with E-state index in [9.17, 15) is 4.39 Å². The van der Waals surface area contributed by atoms with Crippen LogP contribution in [0.4, 0.5) is 4.39 Å². The molecule has 4 heteroatoms. The van der Waals surface area contributed by atoms with Gasteiger partial charge in [-0.3, -0.25) is 0 Å². The van der Waals surface area contributed by atoms with Crippen LogP contribution in [0.25, 0.3) is 0 Å². The molecule has 0 bridgehead atoms. The van der Waals surface area contributed by atoms with Gasteiger partial charge in [-0.25, -0.2) is 4.39 Å². The summed E-state index contributed by atoms with van der Waals surface area (Å²) in [5.74, 6) is -0.389. The molecule has 0 amide bonds. The van der Waals surface area contributed by atoms with Gasteiger partial charge >= 0.3 is 0 Å². The summed E-state index contributed by atoms with van der Waals surface area (Å²) in [6.07, 6.45) is 0.591. The van der Waals surface area contributed by atoms with Crippen molar-refractivity contribution in [1.29, 1.82) is 0 Å². The summed E-state index contributed by atoms with van der Waals surface area (Å²) in [5, 5.41) is 4.33. The molecule has 0 saturated heterocycles. The standard InChI is InChI=1S/C17H18Cl2FN/c1-3-21-15(13-8-4-6-11(2)16(13)18)10-12-7-5-9-14(20)17(12)19/h4-9,15,21H,3,10H2,1-2H3. The third kappa shape index (κ3) is 3.76. The lowest BCUT2D eigenvalue weighted by molar-refractivity contribution is 0.546. The lowest BCUT2D eigenvalue weighted by Crippen LogP contribution is -2.23. The Morgan fingerprint density at radius 2 is 1.81 bits per heavy atom. The first-order valence-electron chi connectivity index (χ1n) is 6.95. The van der Waals surface area contributed by atoms with Crippen molar-refractivity contribution in [2.45, 2.75) is 26.3 Å². The van der Waals surface area contributed by atoms with Crippen LogP contribution in [0.15, 0.2) is 36.4 Å². The molecule has 0 aromatic heterocycles. The Labute approximate surface area is 135 Å². The van der Waals surface area contributed by atoms with Gasteiger partial charge in [0, 0.05) is 11.1 Å². The van der Waals surface area contributed by atoms with Crippen LogP contribution in [0.1, 0.15) is 29.7 Å². The summed E-state index contributed by atoms with van der Waals surface area (Å²) in [5.41, 5.74) is 2.82. The summed E-state index contributed by atoms with van der Waals surface area (Å²) < 4.78 is 13.6. The summed E-state index contributed by atoms with van der Waals surface area (Å²) in [7, 11) is 0. The van der Waals surface area contributed by atoms with Gasteiger partial charge in [0.15, 0.2) is 0 Å². The summed E-state index contributed by atoms with van der Waals surface area (Å²) in [6.45, 7) is 4.80. The van der Waals surface area contributed by atoms with Gasteiger partial charge in [0.1, 0.15) is 5.82 Å². The zero-order valence-corrected chi connectivity index (χ0v) is 13.6. The van der Waals surface area contributed by atoms with Crippen LogP contribution in [-0.2, 0) is 6.42 Å². The number of rotatable bonds is 5. The second-order valence-electron chi connectivity index (χ2n) is 5.01. The Morgan fingerprint density at radius 3 is 2.52 bits per heavy atom. The SMILES string of the molecule is CCNC(Cc1cccc(F)c1Cl)c1cccc(C)c1Cl. The van der Waals surface area contributed by atoms with Crippen LogP contribution >= 0.6 is 23.2 Å². The van der Waals surface area contributed by atoms with E-state index in [1.54, 1.807) is 6.07 Å². The number of hydrogen-bond donors (Lipinski definition) is 1. The molecule has 0 spiro atoms. The molecule has 0 aliphatic carbocycles. The van der Waals surface area contributed by atoms with Crippen molar-refractivity contribution < 1.29 is 4.39 Å². The molecule has 112 valence electrons. The van der Waals surface area contributed by atoms with Crippen molar-refractivity contribution in [3.05, 3.63) is 69.0 Å². The van der Waals surface area contributed by atoms with Crippen molar-refractivity contribution in [1.82, 2.24) is 5.32 Å². The van der Waals surface area contributed by atoms with Gasteiger partial charge in [-0.15, -0.1) is 0 Å². The first-order valence-corrected chi connectivity index (χ1v) is 7.71. The predicted octanol–water partition coefficient (Wildman–Crippen LogP) is 5.33. The van der Waals surface area contributed by atoms with Crippen LogP contribution in [0.3, 0.4) is 0 Å². The summed E-state index contributed by atoms with van der Waals surface area (Å²) in [6, 6.07) is 10.8. The van der Waals surface area contributed by atoms with Crippen molar-refractivity contribution in [3.63, 3.8) is 0 Å². The molecule has 1 unspecified atom stereocenters. The predicted molar refractivity (Wildman–Crippen MR) is 87.7 cm³/mol. The van der Waals surface area contributed by atoms with E-state index in [4.69, 9.17) is 23.2 Å². The average Bonchev–Trinajstić information content (AvgIpc) is 2.46. The molecule has 0 aliphatic heterocycles. The van der Waals surface area contributed by atoms with E-state index in [-0.39, 0.29) is 16.9 Å². The molecule has 2 rings (SSSR count). The fourth-order valence-electron chi connectivity index (χ4n) is 2.40. The van der Waals surface area contributed by atoms with Crippen LogP contribution in [0.2, 0.25) is 10.0 Å². The van der Waals surface area contributed by atoms with Gasteiger partial charge in [0.25, 0.3) is 0 Å². The zero-order chi connectivity index (χ0) is 15.4. The van der Waals surface area contributed by atoms with Gasteiger partial charge in [-0.1, -0.05) is 60.5 Å². The Bertz CT molecular complexity index is 628. The average molecular weight is 326 g/mol. The maximum absolute atomic E-state index is 13.6. The molecule has 0 fully saturated rings. The highest BCUT2D eigenvalue weighted by atomic mass is 35.5. The molecule has 0 radical (unpaired) electrons. The van der Waals surface area contributed by atoms with Crippen LogP contribution in [0.5, 0.6) is 0 Å². The van der Waals surface area contributed by atoms with Gasteiger partial charge in [0.05, 0.1) is 5.02 Å². The van der Waals surface area contributed by atoms with E-state index in [0.717, 1.165) is 28.3 Å². The lowest BCUT2D eigenvalue weighted by Gasteiger charge is -2.21. The third-order valence-electron chi connectivity index (χ3n) is 3.50. The molecule has 21 heavy (non-hydrogen) atoms. The van der Waals surface area contributed by atoms with Gasteiger partial charge in [0.2, 0.25) is 0 Å². The molecular formula is C17H18Cl2FN. The molecule has 1 N–H and O–H groups in total. The molecule has 1 nitrogen and oxygen atoms in total. The number of aryl methyl sites for hydroxylation is 1. The minimum atomic E-state index is -0.389. The maximum atomic E-state index is 13.6. The fourth-order valence-corrected chi connectivity index (χ4v) is 2.86. The minimum Gasteiger partial charge on any atom is -0.310 e. The number of benzene rings is 2. The van der Waals surface area contributed by atoms with E-state index in [1.165, 1.54) is 6.07 Å². The lowest BCUT2D eigenvalue weighted by atomic mass is 9.97. The third-order valence-corrected chi connectivity index (χ3v) is 4.44. The Hall–Kier alpha value is -1.09. The van der Waals surface area contributed by atoms with Crippen LogP contribution in [0, 0.1) is 12.7 Å². The van der Waals surface area contributed by atoms with Crippen molar-refractivity contribution in [2.24, 2.45) is 0 Å². The van der Waals surface area contributed by atoms with E-state index < -0.39 is 0 Å². The smallest absolute Gasteiger partial charge is 0.142 e. The Kier molecular flexibility index (Phi) is 5.63. The molecular weight excluding hydrogens is 308 g/mol. The number of nitrogens with one attached hydrogen (secondary N) is 1. The van der Waals surface area contributed by atoms with Crippen molar-refractivity contribution in [3.8, 4) is 0 Å². The van der Waals surface area contributed by atoms with Crippen LogP contribution < -0.4 is 5.32 Å². The number of hydrogen-bond acceptors (Lipinski definition) is 1. The Morgan fingerprint density at radius 1 is 1.10 bits per heavy atom.